The van der Waals surface area contributed by atoms with Gasteiger partial charge in [-0.2, -0.15) is 0 Å². The Hall–Kier alpha value is -3.17. The van der Waals surface area contributed by atoms with E-state index < -0.39 is 29.7 Å². The predicted octanol–water partition coefficient (Wildman–Crippen LogP) is 4.85. The normalized spacial score (nSPS) is 32.6. The zero-order chi connectivity index (χ0) is 29.7. The van der Waals surface area contributed by atoms with Gasteiger partial charge in [0.05, 0.1) is 18.3 Å². The highest BCUT2D eigenvalue weighted by atomic mass is 16.6. The van der Waals surface area contributed by atoms with E-state index in [1.807, 2.05) is 27.7 Å². The zero-order valence-corrected chi connectivity index (χ0v) is 25.2. The minimum Gasteiger partial charge on any atom is -0.485 e. The quantitative estimate of drug-likeness (QED) is 0.416. The lowest BCUT2D eigenvalue weighted by atomic mass is 9.85. The SMILES string of the molecule is CC[C@@H]1[C@@H]2CN(C(=O)[C@H](C(C)(C)C)NC(=O)O[C@@H]3CCC[C@H]3CCCCCC3=N/C(=C/C=N)NC=C3O2)[C@@H]1C(C)=O. The standard InChI is InChI=1S/C31H47N5O5/c1-6-21-25-18-36(27(21)19(2)37)29(38)28(31(3,4)5)35-30(39)41-23-14-10-12-20(23)11-8-7-9-13-22-24(40-25)17-33-26(34-22)15-16-32/h15-17,20-21,23,25,27-28,32-33H,6-14,18H2,1-5H3,(H,35,39)/b26-15+,32-16?/t20-,21-,23-,25+,27-,28-/m1/s1. The lowest BCUT2D eigenvalue weighted by Crippen LogP contribution is -2.57. The summed E-state index contributed by atoms with van der Waals surface area (Å²) in [5, 5.41) is 13.4. The molecule has 226 valence electrons. The summed E-state index contributed by atoms with van der Waals surface area (Å²) in [4.78, 5) is 46.7. The molecule has 10 nitrogen and oxygen atoms in total. The van der Waals surface area contributed by atoms with Gasteiger partial charge in [-0.3, -0.25) is 9.59 Å². The number of Topliss-reactive ketones (excluding diaryl/α,β-unsaturated/α-hetero) is 1. The average Bonchev–Trinajstić information content (AvgIpc) is 3.51. The van der Waals surface area contributed by atoms with Crippen LogP contribution in [-0.2, 0) is 19.1 Å². The number of amides is 2. The lowest BCUT2D eigenvalue weighted by Gasteiger charge is -2.35. The highest BCUT2D eigenvalue weighted by Gasteiger charge is 2.50. The molecular formula is C31H47N5O5. The van der Waals surface area contributed by atoms with Gasteiger partial charge in [-0.25, -0.2) is 9.79 Å². The molecule has 41 heavy (non-hydrogen) atoms. The van der Waals surface area contributed by atoms with Crippen LogP contribution in [0.5, 0.6) is 0 Å². The van der Waals surface area contributed by atoms with Crippen molar-refractivity contribution in [2.45, 2.75) is 117 Å². The van der Waals surface area contributed by atoms with Crippen LogP contribution in [0.2, 0.25) is 0 Å². The van der Waals surface area contributed by atoms with Gasteiger partial charge in [0.1, 0.15) is 24.1 Å². The van der Waals surface area contributed by atoms with Gasteiger partial charge in [0.2, 0.25) is 5.91 Å². The van der Waals surface area contributed by atoms with Crippen LogP contribution in [0.3, 0.4) is 0 Å². The van der Waals surface area contributed by atoms with Crippen LogP contribution in [0.1, 0.15) is 92.4 Å². The number of rotatable bonds is 3. The van der Waals surface area contributed by atoms with E-state index in [1.54, 1.807) is 17.2 Å². The van der Waals surface area contributed by atoms with E-state index in [2.05, 4.69) is 10.6 Å². The number of hydrogen-bond donors (Lipinski definition) is 3. The molecule has 0 unspecified atom stereocenters. The Bertz CT molecular complexity index is 1110. The maximum atomic E-state index is 14.2. The van der Waals surface area contributed by atoms with Crippen molar-refractivity contribution in [1.82, 2.24) is 15.5 Å². The second-order valence-corrected chi connectivity index (χ2v) is 12.9. The maximum Gasteiger partial charge on any atom is 0.408 e. The molecular weight excluding hydrogens is 522 g/mol. The Labute approximate surface area is 243 Å². The first-order valence-electron chi connectivity index (χ1n) is 15.2. The lowest BCUT2D eigenvalue weighted by molar-refractivity contribution is -0.141. The van der Waals surface area contributed by atoms with E-state index in [9.17, 15) is 14.4 Å². The van der Waals surface area contributed by atoms with E-state index in [0.717, 1.165) is 50.7 Å². The Morgan fingerprint density at radius 2 is 1.88 bits per heavy atom. The minimum atomic E-state index is -0.867. The Morgan fingerprint density at radius 1 is 1.12 bits per heavy atom. The second-order valence-electron chi connectivity index (χ2n) is 12.9. The highest BCUT2D eigenvalue weighted by Crippen LogP contribution is 2.36. The summed E-state index contributed by atoms with van der Waals surface area (Å²) >= 11 is 0. The number of nitrogens with one attached hydrogen (secondary N) is 3. The summed E-state index contributed by atoms with van der Waals surface area (Å²) in [5.74, 6) is 0.879. The van der Waals surface area contributed by atoms with Crippen LogP contribution in [0, 0.1) is 22.7 Å². The molecule has 2 saturated heterocycles. The molecule has 1 saturated carbocycles. The third kappa shape index (κ3) is 7.19. The number of ether oxygens (including phenoxy) is 2. The van der Waals surface area contributed by atoms with Crippen LogP contribution < -0.4 is 10.6 Å². The summed E-state index contributed by atoms with van der Waals surface area (Å²) in [5.41, 5.74) is 0.195. The van der Waals surface area contributed by atoms with Gasteiger partial charge in [0.25, 0.3) is 0 Å². The summed E-state index contributed by atoms with van der Waals surface area (Å²) < 4.78 is 12.5. The molecule has 3 N–H and O–H groups in total. The number of allylic oxidation sites excluding steroid dienone is 2. The summed E-state index contributed by atoms with van der Waals surface area (Å²) in [6, 6.07) is -1.53. The van der Waals surface area contributed by atoms with Crippen molar-refractivity contribution in [1.29, 1.82) is 5.41 Å². The molecule has 0 radical (unpaired) electrons. The second kappa shape index (κ2) is 13.2. The largest absolute Gasteiger partial charge is 0.485 e. The van der Waals surface area contributed by atoms with Gasteiger partial charge in [-0.15, -0.1) is 0 Å². The van der Waals surface area contributed by atoms with Gasteiger partial charge >= 0.3 is 6.09 Å². The fourth-order valence-corrected chi connectivity index (χ4v) is 6.77. The van der Waals surface area contributed by atoms with Crippen molar-refractivity contribution in [3.8, 4) is 0 Å². The zero-order valence-electron chi connectivity index (χ0n) is 25.2. The Morgan fingerprint density at radius 3 is 2.56 bits per heavy atom. The number of aliphatic imine (C=N–C) groups is 1. The van der Waals surface area contributed by atoms with Gasteiger partial charge in [-0.1, -0.05) is 40.5 Å². The number of ketones is 1. The number of hydrogen-bond acceptors (Lipinski definition) is 8. The van der Waals surface area contributed by atoms with E-state index in [-0.39, 0.29) is 30.3 Å². The molecule has 6 atom stereocenters. The van der Waals surface area contributed by atoms with E-state index in [0.29, 0.717) is 30.3 Å². The Balaban J connectivity index is 1.69. The summed E-state index contributed by atoms with van der Waals surface area (Å²) in [6.07, 6.45) is 11.6. The van der Waals surface area contributed by atoms with Crippen molar-refractivity contribution in [3.05, 3.63) is 23.9 Å². The fraction of sp³-hybridized carbons (Fsp3) is 0.710. The molecule has 4 rings (SSSR count). The van der Waals surface area contributed by atoms with Gasteiger partial charge in [0.15, 0.2) is 11.5 Å². The first kappa shape index (κ1) is 30.8. The molecule has 10 heteroatoms. The van der Waals surface area contributed by atoms with Gasteiger partial charge < -0.3 is 30.4 Å². The monoisotopic (exact) mass is 569 g/mol. The van der Waals surface area contributed by atoms with Crippen molar-refractivity contribution < 1.29 is 23.9 Å². The van der Waals surface area contributed by atoms with Gasteiger partial charge in [0, 0.05) is 18.3 Å². The van der Waals surface area contributed by atoms with Crippen molar-refractivity contribution in [2.75, 3.05) is 6.54 Å². The molecule has 0 aromatic rings. The average molecular weight is 570 g/mol. The minimum absolute atomic E-state index is 0.105. The Kier molecular flexibility index (Phi) is 9.92. The number of nitrogens with zero attached hydrogens (tertiary/aromatic N) is 2. The number of carbonyl (C=O) groups is 3. The molecule has 0 aromatic heterocycles. The van der Waals surface area contributed by atoms with Crippen LogP contribution >= 0.6 is 0 Å². The number of alkyl carbamates (subject to hydrolysis) is 1. The maximum absolute atomic E-state index is 14.2. The summed E-state index contributed by atoms with van der Waals surface area (Å²) in [7, 11) is 0. The molecule has 1 aliphatic carbocycles. The van der Waals surface area contributed by atoms with Crippen molar-refractivity contribution in [2.24, 2.45) is 22.2 Å². The van der Waals surface area contributed by atoms with Crippen LogP contribution in [0.4, 0.5) is 4.79 Å². The molecule has 4 aliphatic rings. The third-order valence-corrected chi connectivity index (χ3v) is 8.89. The van der Waals surface area contributed by atoms with Crippen molar-refractivity contribution in [3.63, 3.8) is 0 Å². The van der Waals surface area contributed by atoms with E-state index in [1.165, 1.54) is 13.1 Å². The van der Waals surface area contributed by atoms with Gasteiger partial charge in [-0.05, 0) is 69.3 Å². The number of carbonyl (C=O) groups excluding carboxylic acids is 3. The molecule has 0 spiro atoms. The van der Waals surface area contributed by atoms with Crippen LogP contribution in [-0.4, -0.2) is 65.4 Å². The first-order valence-corrected chi connectivity index (χ1v) is 15.2. The molecule has 2 bridgehead atoms. The third-order valence-electron chi connectivity index (χ3n) is 8.89. The fourth-order valence-electron chi connectivity index (χ4n) is 6.77. The highest BCUT2D eigenvalue weighted by molar-refractivity contribution is 6.00. The smallest absolute Gasteiger partial charge is 0.408 e. The van der Waals surface area contributed by atoms with Crippen LogP contribution in [0.15, 0.2) is 28.8 Å². The van der Waals surface area contributed by atoms with Crippen LogP contribution in [0.25, 0.3) is 0 Å². The van der Waals surface area contributed by atoms with E-state index in [4.69, 9.17) is 19.9 Å². The predicted molar refractivity (Wildman–Crippen MR) is 157 cm³/mol. The molecule has 3 heterocycles. The molecule has 3 aliphatic heterocycles. The molecule has 3 fully saturated rings. The van der Waals surface area contributed by atoms with Crippen molar-refractivity contribution >= 4 is 29.7 Å². The first-order chi connectivity index (χ1) is 19.5. The molecule has 0 aromatic carbocycles. The number of fused-ring (bicyclic) bond motifs is 4. The van der Waals surface area contributed by atoms with E-state index >= 15 is 0 Å². The molecule has 2 amide bonds. The summed E-state index contributed by atoms with van der Waals surface area (Å²) in [6.45, 7) is 9.47. The topological polar surface area (TPSA) is 133 Å².